The Balaban J connectivity index is 1.61. The number of aromatic nitrogens is 4. The molecule has 144 valence electrons. The highest BCUT2D eigenvalue weighted by atomic mass is 16.2. The lowest BCUT2D eigenvalue weighted by Gasteiger charge is -2.34. The highest BCUT2D eigenvalue weighted by Gasteiger charge is 2.26. The molecule has 0 spiro atoms. The molecule has 8 nitrogen and oxygen atoms in total. The van der Waals surface area contributed by atoms with Gasteiger partial charge in [-0.15, -0.1) is 0 Å². The molecule has 0 unspecified atom stereocenters. The summed E-state index contributed by atoms with van der Waals surface area (Å²) in [6, 6.07) is 8.97. The molecule has 1 saturated heterocycles. The van der Waals surface area contributed by atoms with Crippen molar-refractivity contribution in [2.24, 2.45) is 0 Å². The van der Waals surface area contributed by atoms with Gasteiger partial charge in [-0.05, 0) is 18.6 Å². The molecule has 0 radical (unpaired) electrons. The smallest absolute Gasteiger partial charge is 0.275 e. The minimum Gasteiger partial charge on any atom is -0.337 e. The van der Waals surface area contributed by atoms with E-state index in [1.165, 1.54) is 4.68 Å². The van der Waals surface area contributed by atoms with E-state index in [9.17, 15) is 9.59 Å². The standard InChI is InChI=1S/C20H22N6O2/c1-2-10-26-18(27)16-7-4-3-6-15(16)17(23-26)19(28)24-11-13-25(14-12-24)20-21-8-5-9-22-20/h3-9H,2,10-14H2,1H3. The van der Waals surface area contributed by atoms with E-state index in [2.05, 4.69) is 20.0 Å². The number of nitrogens with zero attached hydrogens (tertiary/aromatic N) is 6. The molecule has 1 aliphatic rings. The maximum Gasteiger partial charge on any atom is 0.275 e. The summed E-state index contributed by atoms with van der Waals surface area (Å²) in [4.78, 5) is 38.2. The lowest BCUT2D eigenvalue weighted by atomic mass is 10.1. The first-order valence-electron chi connectivity index (χ1n) is 9.50. The van der Waals surface area contributed by atoms with Crippen LogP contribution in [0.25, 0.3) is 10.8 Å². The molecule has 8 heteroatoms. The number of fused-ring (bicyclic) bond motifs is 1. The lowest BCUT2D eigenvalue weighted by Crippen LogP contribution is -2.49. The molecular weight excluding hydrogens is 356 g/mol. The Bertz CT molecular complexity index is 1040. The van der Waals surface area contributed by atoms with Gasteiger partial charge in [-0.25, -0.2) is 14.6 Å². The van der Waals surface area contributed by atoms with Gasteiger partial charge in [0.05, 0.1) is 5.39 Å². The van der Waals surface area contributed by atoms with Crippen molar-refractivity contribution in [3.05, 3.63) is 58.8 Å². The number of hydrogen-bond donors (Lipinski definition) is 0. The van der Waals surface area contributed by atoms with Gasteiger partial charge in [-0.3, -0.25) is 9.59 Å². The average Bonchev–Trinajstić information content (AvgIpc) is 2.76. The summed E-state index contributed by atoms with van der Waals surface area (Å²) in [5, 5.41) is 5.56. The first-order chi connectivity index (χ1) is 13.7. The molecule has 2 aromatic heterocycles. The number of anilines is 1. The fourth-order valence-corrected chi connectivity index (χ4v) is 3.47. The van der Waals surface area contributed by atoms with Gasteiger partial charge < -0.3 is 9.80 Å². The number of rotatable bonds is 4. The number of hydrogen-bond acceptors (Lipinski definition) is 6. The summed E-state index contributed by atoms with van der Waals surface area (Å²) >= 11 is 0. The summed E-state index contributed by atoms with van der Waals surface area (Å²) in [5.41, 5.74) is 0.188. The van der Waals surface area contributed by atoms with Gasteiger partial charge in [-0.2, -0.15) is 5.10 Å². The highest BCUT2D eigenvalue weighted by molar-refractivity contribution is 6.04. The molecule has 0 aliphatic carbocycles. The Morgan fingerprint density at radius 2 is 1.68 bits per heavy atom. The van der Waals surface area contributed by atoms with Gasteiger partial charge in [0.1, 0.15) is 0 Å². The van der Waals surface area contributed by atoms with Crippen molar-refractivity contribution in [1.29, 1.82) is 0 Å². The monoisotopic (exact) mass is 378 g/mol. The topological polar surface area (TPSA) is 84.2 Å². The third-order valence-electron chi connectivity index (χ3n) is 4.91. The maximum absolute atomic E-state index is 13.2. The normalized spacial score (nSPS) is 14.5. The van der Waals surface area contributed by atoms with Crippen molar-refractivity contribution in [2.75, 3.05) is 31.1 Å². The minimum absolute atomic E-state index is 0.144. The molecule has 28 heavy (non-hydrogen) atoms. The zero-order valence-corrected chi connectivity index (χ0v) is 15.8. The number of amides is 1. The van der Waals surface area contributed by atoms with Crippen LogP contribution in [0.2, 0.25) is 0 Å². The second kappa shape index (κ2) is 7.75. The van der Waals surface area contributed by atoms with Gasteiger partial charge in [0.15, 0.2) is 5.69 Å². The molecule has 3 aromatic rings. The van der Waals surface area contributed by atoms with Crippen LogP contribution in [-0.2, 0) is 6.54 Å². The van der Waals surface area contributed by atoms with Crippen LogP contribution < -0.4 is 10.5 Å². The summed E-state index contributed by atoms with van der Waals surface area (Å²) in [6.45, 7) is 4.89. The number of carbonyl (C=O) groups excluding carboxylic acids is 1. The summed E-state index contributed by atoms with van der Waals surface area (Å²) in [5.74, 6) is 0.532. The largest absolute Gasteiger partial charge is 0.337 e. The molecule has 1 aromatic carbocycles. The fraction of sp³-hybridized carbons (Fsp3) is 0.350. The number of piperazine rings is 1. The van der Waals surface area contributed by atoms with E-state index in [-0.39, 0.29) is 11.5 Å². The van der Waals surface area contributed by atoms with E-state index < -0.39 is 0 Å². The molecule has 1 amide bonds. The Hall–Kier alpha value is -3.29. The zero-order valence-electron chi connectivity index (χ0n) is 15.8. The van der Waals surface area contributed by atoms with E-state index >= 15 is 0 Å². The fourth-order valence-electron chi connectivity index (χ4n) is 3.47. The van der Waals surface area contributed by atoms with Crippen molar-refractivity contribution in [1.82, 2.24) is 24.6 Å². The van der Waals surface area contributed by atoms with Crippen LogP contribution in [0, 0.1) is 0 Å². The number of benzene rings is 1. The van der Waals surface area contributed by atoms with Crippen LogP contribution in [0.1, 0.15) is 23.8 Å². The van der Waals surface area contributed by atoms with Crippen LogP contribution in [0.15, 0.2) is 47.5 Å². The highest BCUT2D eigenvalue weighted by Crippen LogP contribution is 2.17. The Morgan fingerprint density at radius 1 is 1.00 bits per heavy atom. The van der Waals surface area contributed by atoms with Crippen LogP contribution in [0.5, 0.6) is 0 Å². The minimum atomic E-state index is -0.153. The van der Waals surface area contributed by atoms with Crippen LogP contribution in [-0.4, -0.2) is 56.7 Å². The van der Waals surface area contributed by atoms with Crippen LogP contribution in [0.4, 0.5) is 5.95 Å². The van der Waals surface area contributed by atoms with Crippen LogP contribution in [0.3, 0.4) is 0 Å². The van der Waals surface area contributed by atoms with E-state index in [4.69, 9.17) is 0 Å². The molecule has 1 fully saturated rings. The molecule has 0 atom stereocenters. The molecular formula is C20H22N6O2. The molecule has 1 aliphatic heterocycles. The van der Waals surface area contributed by atoms with Crippen molar-refractivity contribution in [3.8, 4) is 0 Å². The first-order valence-corrected chi connectivity index (χ1v) is 9.50. The Labute approximate surface area is 162 Å². The molecule has 0 saturated carbocycles. The van der Waals surface area contributed by atoms with Gasteiger partial charge in [0.2, 0.25) is 5.95 Å². The predicted molar refractivity (Wildman–Crippen MR) is 106 cm³/mol. The molecule has 3 heterocycles. The van der Waals surface area contributed by atoms with E-state index in [1.54, 1.807) is 35.5 Å². The summed E-state index contributed by atoms with van der Waals surface area (Å²) < 4.78 is 1.41. The lowest BCUT2D eigenvalue weighted by molar-refractivity contribution is 0.0739. The SMILES string of the molecule is CCCn1nc(C(=O)N2CCN(c3ncccn3)CC2)c2ccccc2c1=O. The van der Waals surface area contributed by atoms with Crippen molar-refractivity contribution < 1.29 is 4.79 Å². The quantitative estimate of drug-likeness (QED) is 0.685. The van der Waals surface area contributed by atoms with E-state index in [0.717, 1.165) is 6.42 Å². The molecule has 0 N–H and O–H groups in total. The number of carbonyl (C=O) groups is 1. The van der Waals surface area contributed by atoms with Crippen LogP contribution >= 0.6 is 0 Å². The third-order valence-corrected chi connectivity index (χ3v) is 4.91. The predicted octanol–water partition coefficient (Wildman–Crippen LogP) is 1.56. The van der Waals surface area contributed by atoms with Crippen molar-refractivity contribution in [3.63, 3.8) is 0 Å². The summed E-state index contributed by atoms with van der Waals surface area (Å²) in [6.07, 6.45) is 4.20. The van der Waals surface area contributed by atoms with Gasteiger partial charge >= 0.3 is 0 Å². The maximum atomic E-state index is 13.2. The van der Waals surface area contributed by atoms with E-state index in [0.29, 0.717) is 55.1 Å². The second-order valence-corrected chi connectivity index (χ2v) is 6.75. The van der Waals surface area contributed by atoms with E-state index in [1.807, 2.05) is 19.1 Å². The Kier molecular flexibility index (Phi) is 5.01. The van der Waals surface area contributed by atoms with Gasteiger partial charge in [-0.1, -0.05) is 25.1 Å². The molecule has 0 bridgehead atoms. The first kappa shape index (κ1) is 18.1. The third kappa shape index (κ3) is 3.33. The van der Waals surface area contributed by atoms with Crippen molar-refractivity contribution in [2.45, 2.75) is 19.9 Å². The number of aryl methyl sites for hydroxylation is 1. The van der Waals surface area contributed by atoms with Crippen molar-refractivity contribution >= 4 is 22.6 Å². The summed E-state index contributed by atoms with van der Waals surface area (Å²) in [7, 11) is 0. The Morgan fingerprint density at radius 3 is 2.36 bits per heavy atom. The van der Waals surface area contributed by atoms with Gasteiger partial charge in [0.25, 0.3) is 11.5 Å². The zero-order chi connectivity index (χ0) is 19.5. The second-order valence-electron chi connectivity index (χ2n) is 6.75. The average molecular weight is 378 g/mol. The van der Waals surface area contributed by atoms with Gasteiger partial charge in [0, 0.05) is 50.5 Å². The molecule has 4 rings (SSSR count).